The van der Waals surface area contributed by atoms with Crippen LogP contribution in [0.3, 0.4) is 0 Å². The molecular weight excluding hydrogens is 562 g/mol. The van der Waals surface area contributed by atoms with Gasteiger partial charge in [0.05, 0.1) is 29.9 Å². The van der Waals surface area contributed by atoms with E-state index >= 15 is 0 Å². The van der Waals surface area contributed by atoms with Crippen molar-refractivity contribution < 1.29 is 24.2 Å². The third kappa shape index (κ3) is 9.85. The molecule has 0 saturated carbocycles. The molecule has 242 valence electrons. The molecule has 12 nitrogen and oxygen atoms in total. The first kappa shape index (κ1) is 33.1. The summed E-state index contributed by atoms with van der Waals surface area (Å²) in [7, 11) is 0. The Labute approximate surface area is 262 Å². The Hall–Kier alpha value is -3.83. The van der Waals surface area contributed by atoms with E-state index < -0.39 is 22.8 Å². The number of esters is 2. The van der Waals surface area contributed by atoms with Gasteiger partial charge in [0.2, 0.25) is 0 Å². The monoisotopic (exact) mass is 612 g/mol. The van der Waals surface area contributed by atoms with E-state index in [2.05, 4.69) is 67.2 Å². The highest BCUT2D eigenvalue weighted by atomic mass is 16.5. The van der Waals surface area contributed by atoms with Gasteiger partial charge in [0.15, 0.2) is 0 Å². The number of hydrogen-bond acceptors (Lipinski definition) is 10. The third-order valence-corrected chi connectivity index (χ3v) is 7.08. The van der Waals surface area contributed by atoms with E-state index in [4.69, 9.17) is 16.0 Å². The Morgan fingerprint density at radius 3 is 1.68 bits per heavy atom. The molecule has 0 atom stereocenters. The average Bonchev–Trinajstić information content (AvgIpc) is 3.55. The second-order valence-electron chi connectivity index (χ2n) is 15.3. The Kier molecular flexibility index (Phi) is 9.80. The van der Waals surface area contributed by atoms with E-state index in [0.29, 0.717) is 41.3 Å². The zero-order valence-electron chi connectivity index (χ0n) is 29.1. The predicted octanol–water partition coefficient (Wildman–Crippen LogP) is 5.19. The van der Waals surface area contributed by atoms with Gasteiger partial charge in [-0.2, -0.15) is 0 Å². The molecule has 0 amide bonds. The molecule has 0 radical (unpaired) electrons. The SMILES string of the molecule is [2H]Oc1c(C)ncc(COC(=O)CC(C)(C)c2cn(CC(C)(C)C)nn2)c1COC(=O)CC(C)(C)c1cn(CC(C)(C)C)nn1. The van der Waals surface area contributed by atoms with Crippen LogP contribution in [0.15, 0.2) is 18.6 Å². The molecule has 0 bridgehead atoms. The lowest BCUT2D eigenvalue weighted by molar-refractivity contribution is -0.148. The number of nitrogens with zero attached hydrogens (tertiary/aromatic N) is 7. The zero-order chi connectivity index (χ0) is 33.8. The standard InChI is InChI=1S/C32H49N7O5/c1-21-28(42)23(18-44-27(41)13-32(10,11)25-16-39(37-35-25)20-30(5,6)7)22(14-33-21)17-43-26(40)12-31(8,9)24-15-38(36-34-24)19-29(2,3)4/h14-16,42H,12-13,17-20H2,1-11H3/i/hD. The fourth-order valence-corrected chi connectivity index (χ4v) is 4.62. The largest absolute Gasteiger partial charge is 0.506 e. The van der Waals surface area contributed by atoms with Crippen molar-refractivity contribution in [2.45, 2.75) is 126 Å². The van der Waals surface area contributed by atoms with Crippen LogP contribution in [0.2, 0.25) is 0 Å². The van der Waals surface area contributed by atoms with Crippen molar-refractivity contribution in [2.24, 2.45) is 10.8 Å². The Morgan fingerprint density at radius 2 is 1.25 bits per heavy atom. The normalized spacial score (nSPS) is 13.0. The van der Waals surface area contributed by atoms with E-state index in [9.17, 15) is 9.59 Å². The van der Waals surface area contributed by atoms with E-state index in [-0.39, 0.29) is 42.6 Å². The molecule has 0 spiro atoms. The number of aromatic nitrogens is 7. The first-order valence-electron chi connectivity index (χ1n) is 15.3. The number of aryl methyl sites for hydroxylation is 1. The van der Waals surface area contributed by atoms with Gasteiger partial charge in [-0.25, -0.2) is 0 Å². The van der Waals surface area contributed by atoms with Gasteiger partial charge in [-0.3, -0.25) is 23.9 Å². The minimum atomic E-state index is -0.626. The number of aromatic hydroxyl groups is 1. The summed E-state index contributed by atoms with van der Waals surface area (Å²) < 4.78 is 22.4. The summed E-state index contributed by atoms with van der Waals surface area (Å²) in [5, 5.41) is 21.9. The molecule has 0 aromatic carbocycles. The molecule has 3 aromatic heterocycles. The minimum absolute atomic E-state index is 0.0318. The van der Waals surface area contributed by atoms with Gasteiger partial charge in [-0.1, -0.05) is 79.7 Å². The van der Waals surface area contributed by atoms with Gasteiger partial charge in [0, 0.05) is 53.6 Å². The quantitative estimate of drug-likeness (QED) is 0.256. The molecule has 12 heteroatoms. The Morgan fingerprint density at radius 1 is 0.795 bits per heavy atom. The van der Waals surface area contributed by atoms with Crippen molar-refractivity contribution in [3.8, 4) is 5.75 Å². The number of carbonyl (C=O) groups is 2. The molecule has 0 aliphatic rings. The lowest BCUT2D eigenvalue weighted by Gasteiger charge is -2.22. The molecule has 3 rings (SSSR count). The summed E-state index contributed by atoms with van der Waals surface area (Å²) in [4.78, 5) is 30.2. The van der Waals surface area contributed by atoms with Crippen LogP contribution in [0, 0.1) is 17.8 Å². The molecule has 3 heterocycles. The number of carbonyl (C=O) groups excluding carboxylic acids is 2. The lowest BCUT2D eigenvalue weighted by Crippen LogP contribution is -2.24. The van der Waals surface area contributed by atoms with Crippen LogP contribution in [0.5, 0.6) is 5.75 Å². The average molecular weight is 613 g/mol. The molecule has 0 fully saturated rings. The van der Waals surface area contributed by atoms with Crippen LogP contribution in [0.25, 0.3) is 0 Å². The molecule has 1 N–H and O–H groups in total. The Balaban J connectivity index is 1.65. The first-order chi connectivity index (χ1) is 20.7. The van der Waals surface area contributed by atoms with Crippen molar-refractivity contribution in [3.05, 3.63) is 46.8 Å². The smallest absolute Gasteiger partial charge is 0.307 e. The van der Waals surface area contributed by atoms with Crippen molar-refractivity contribution in [1.29, 1.82) is 1.43 Å². The van der Waals surface area contributed by atoms with Gasteiger partial charge >= 0.3 is 11.9 Å². The Bertz CT molecular complexity index is 1480. The van der Waals surface area contributed by atoms with Crippen molar-refractivity contribution in [3.63, 3.8) is 0 Å². The minimum Gasteiger partial charge on any atom is -0.506 e. The lowest BCUT2D eigenvalue weighted by atomic mass is 9.86. The molecule has 0 unspecified atom stereocenters. The van der Waals surface area contributed by atoms with Gasteiger partial charge < -0.3 is 14.6 Å². The van der Waals surface area contributed by atoms with E-state index in [0.717, 1.165) is 0 Å². The maximum Gasteiger partial charge on any atom is 0.307 e. The predicted molar refractivity (Wildman–Crippen MR) is 164 cm³/mol. The second kappa shape index (κ2) is 13.0. The van der Waals surface area contributed by atoms with Gasteiger partial charge in [-0.05, 0) is 17.8 Å². The highest BCUT2D eigenvalue weighted by molar-refractivity contribution is 5.72. The molecule has 3 aromatic rings. The summed E-state index contributed by atoms with van der Waals surface area (Å²) in [6.45, 7) is 23.1. The fourth-order valence-electron chi connectivity index (χ4n) is 4.62. The molecule has 0 aliphatic heterocycles. The summed E-state index contributed by atoms with van der Waals surface area (Å²) in [5.74, 6) is -0.750. The third-order valence-electron chi connectivity index (χ3n) is 7.08. The van der Waals surface area contributed by atoms with E-state index in [1.54, 1.807) is 16.3 Å². The van der Waals surface area contributed by atoms with Gasteiger partial charge in [0.1, 0.15) is 19.0 Å². The maximum atomic E-state index is 13.0. The molecule has 44 heavy (non-hydrogen) atoms. The van der Waals surface area contributed by atoms with Crippen molar-refractivity contribution in [2.75, 3.05) is 0 Å². The van der Waals surface area contributed by atoms with E-state index in [1.165, 1.54) is 6.20 Å². The highest BCUT2D eigenvalue weighted by Crippen LogP contribution is 2.30. The van der Waals surface area contributed by atoms with Gasteiger partial charge in [-0.15, -0.1) is 10.2 Å². The zero-order valence-corrected chi connectivity index (χ0v) is 28.1. The summed E-state index contributed by atoms with van der Waals surface area (Å²) in [5.41, 5.74) is 1.54. The first-order valence-corrected chi connectivity index (χ1v) is 14.9. The number of pyridine rings is 1. The second-order valence-corrected chi connectivity index (χ2v) is 15.3. The van der Waals surface area contributed by atoms with Crippen LogP contribution < -0.4 is 0 Å². The maximum absolute atomic E-state index is 13.0. The summed E-state index contributed by atoms with van der Waals surface area (Å²) in [6, 6.07) is 0. The van der Waals surface area contributed by atoms with Crippen LogP contribution in [0.1, 0.15) is 110 Å². The van der Waals surface area contributed by atoms with E-state index in [1.807, 2.05) is 40.1 Å². The van der Waals surface area contributed by atoms with Crippen molar-refractivity contribution in [1.82, 2.24) is 35.0 Å². The summed E-state index contributed by atoms with van der Waals surface area (Å²) in [6.07, 6.45) is 5.39. The van der Waals surface area contributed by atoms with Crippen LogP contribution >= 0.6 is 0 Å². The highest BCUT2D eigenvalue weighted by Gasteiger charge is 2.31. The topological polar surface area (TPSA) is 147 Å². The van der Waals surface area contributed by atoms with Gasteiger partial charge in [0.25, 0.3) is 1.43 Å². The van der Waals surface area contributed by atoms with Crippen LogP contribution in [-0.2, 0) is 56.2 Å². The number of ether oxygens (including phenoxy) is 2. The van der Waals surface area contributed by atoms with Crippen molar-refractivity contribution >= 4 is 11.9 Å². The summed E-state index contributed by atoms with van der Waals surface area (Å²) >= 11 is 0. The molecule has 0 aliphatic carbocycles. The fraction of sp³-hybridized carbons (Fsp3) is 0.656. The van der Waals surface area contributed by atoms with Crippen LogP contribution in [0.4, 0.5) is 0 Å². The van der Waals surface area contributed by atoms with Crippen LogP contribution in [-0.4, -0.2) is 53.5 Å². The number of rotatable bonds is 13. The molecule has 0 saturated heterocycles. The molecular formula is C32H49N7O5. The number of hydrogen-bond donors (Lipinski definition) is 1.